The lowest BCUT2D eigenvalue weighted by Gasteiger charge is -2.38. The minimum absolute atomic E-state index is 0.161. The van der Waals surface area contributed by atoms with Gasteiger partial charge in [0.15, 0.2) is 0 Å². The highest BCUT2D eigenvalue weighted by atomic mass is 16.5. The lowest BCUT2D eigenvalue weighted by atomic mass is 9.83. The molecular formula is C15H21NO2. The van der Waals surface area contributed by atoms with Crippen LogP contribution in [0.1, 0.15) is 26.3 Å². The van der Waals surface area contributed by atoms with Crippen LogP contribution in [-0.4, -0.2) is 36.6 Å². The Morgan fingerprint density at radius 1 is 1.33 bits per heavy atom. The van der Waals surface area contributed by atoms with E-state index in [2.05, 4.69) is 0 Å². The van der Waals surface area contributed by atoms with E-state index in [4.69, 9.17) is 4.74 Å². The molecule has 1 aliphatic heterocycles. The van der Waals surface area contributed by atoms with Gasteiger partial charge < -0.3 is 9.64 Å². The van der Waals surface area contributed by atoms with Crippen molar-refractivity contribution in [3.8, 4) is 0 Å². The van der Waals surface area contributed by atoms with Crippen LogP contribution in [0.3, 0.4) is 0 Å². The second kappa shape index (κ2) is 5.11. The molecule has 3 nitrogen and oxygen atoms in total. The van der Waals surface area contributed by atoms with Gasteiger partial charge in [-0.3, -0.25) is 4.79 Å². The van der Waals surface area contributed by atoms with E-state index in [1.807, 2.05) is 56.0 Å². The number of benzene rings is 1. The highest BCUT2D eigenvalue weighted by molar-refractivity contribution is 5.87. The van der Waals surface area contributed by atoms with Crippen molar-refractivity contribution in [3.63, 3.8) is 0 Å². The van der Waals surface area contributed by atoms with Gasteiger partial charge in [0.1, 0.15) is 0 Å². The van der Waals surface area contributed by atoms with Crippen molar-refractivity contribution >= 4 is 5.91 Å². The third-order valence-corrected chi connectivity index (χ3v) is 3.66. The summed E-state index contributed by atoms with van der Waals surface area (Å²) in [5.41, 5.74) is 0.584. The molecule has 0 bridgehead atoms. The summed E-state index contributed by atoms with van der Waals surface area (Å²) >= 11 is 0. The second-order valence-corrected chi connectivity index (χ2v) is 5.41. The lowest BCUT2D eigenvalue weighted by Crippen LogP contribution is -2.52. The molecule has 1 saturated heterocycles. The number of carbonyl (C=O) groups excluding carboxylic acids is 1. The summed E-state index contributed by atoms with van der Waals surface area (Å²) in [6.45, 7) is 7.99. The first-order chi connectivity index (χ1) is 8.53. The van der Waals surface area contributed by atoms with E-state index in [9.17, 15) is 4.79 Å². The molecule has 0 N–H and O–H groups in total. The lowest BCUT2D eigenvalue weighted by molar-refractivity contribution is -0.144. The molecule has 1 aromatic carbocycles. The molecule has 98 valence electrons. The molecule has 1 heterocycles. The quantitative estimate of drug-likeness (QED) is 0.802. The minimum atomic E-state index is -0.479. The fourth-order valence-electron chi connectivity index (χ4n) is 2.37. The maximum absolute atomic E-state index is 12.7. The van der Waals surface area contributed by atoms with Crippen molar-refractivity contribution in [2.75, 3.05) is 19.8 Å². The van der Waals surface area contributed by atoms with Crippen molar-refractivity contribution in [2.24, 2.45) is 0 Å². The Labute approximate surface area is 109 Å². The van der Waals surface area contributed by atoms with Crippen LogP contribution in [0.2, 0.25) is 0 Å². The fraction of sp³-hybridized carbons (Fsp3) is 0.533. The van der Waals surface area contributed by atoms with Crippen LogP contribution < -0.4 is 0 Å². The number of rotatable bonds is 2. The molecule has 1 amide bonds. The van der Waals surface area contributed by atoms with E-state index in [1.54, 1.807) is 0 Å². The Bertz CT molecular complexity index is 414. The molecule has 1 atom stereocenters. The molecule has 1 aromatic rings. The zero-order chi connectivity index (χ0) is 13.2. The highest BCUT2D eigenvalue weighted by Gasteiger charge is 2.36. The van der Waals surface area contributed by atoms with Crippen molar-refractivity contribution in [1.82, 2.24) is 4.90 Å². The minimum Gasteiger partial charge on any atom is -0.377 e. The Hall–Kier alpha value is -1.35. The highest BCUT2D eigenvalue weighted by Crippen LogP contribution is 2.27. The first kappa shape index (κ1) is 13.1. The second-order valence-electron chi connectivity index (χ2n) is 5.41. The standard InChI is InChI=1S/C15H21NO2/c1-12-11-18-10-9-16(12)14(17)15(2,3)13-7-5-4-6-8-13/h4-8,12H,9-11H2,1-3H3/t12-/m0/s1. The maximum Gasteiger partial charge on any atom is 0.233 e. The van der Waals surface area contributed by atoms with Gasteiger partial charge in [0, 0.05) is 6.54 Å². The number of nitrogens with zero attached hydrogens (tertiary/aromatic N) is 1. The molecule has 0 unspecified atom stereocenters. The Morgan fingerprint density at radius 3 is 2.61 bits per heavy atom. The molecule has 3 heteroatoms. The van der Waals surface area contributed by atoms with Gasteiger partial charge in [-0.2, -0.15) is 0 Å². The van der Waals surface area contributed by atoms with E-state index in [-0.39, 0.29) is 11.9 Å². The predicted octanol–water partition coefficient (Wildman–Crippen LogP) is 2.21. The van der Waals surface area contributed by atoms with Gasteiger partial charge in [0.05, 0.1) is 24.7 Å². The monoisotopic (exact) mass is 247 g/mol. The van der Waals surface area contributed by atoms with Crippen molar-refractivity contribution in [3.05, 3.63) is 35.9 Å². The Balaban J connectivity index is 2.21. The molecule has 0 radical (unpaired) electrons. The van der Waals surface area contributed by atoms with Crippen LogP contribution in [0.15, 0.2) is 30.3 Å². The number of amides is 1. The average molecular weight is 247 g/mol. The van der Waals surface area contributed by atoms with E-state index >= 15 is 0 Å². The number of carbonyl (C=O) groups is 1. The Morgan fingerprint density at radius 2 is 2.00 bits per heavy atom. The summed E-state index contributed by atoms with van der Waals surface area (Å²) in [6.07, 6.45) is 0. The molecule has 0 saturated carbocycles. The van der Waals surface area contributed by atoms with Crippen LogP contribution >= 0.6 is 0 Å². The molecule has 0 spiro atoms. The van der Waals surface area contributed by atoms with Gasteiger partial charge in [-0.15, -0.1) is 0 Å². The van der Waals surface area contributed by atoms with Gasteiger partial charge in [-0.25, -0.2) is 0 Å². The van der Waals surface area contributed by atoms with Crippen molar-refractivity contribution in [2.45, 2.75) is 32.2 Å². The largest absolute Gasteiger partial charge is 0.377 e. The van der Waals surface area contributed by atoms with E-state index in [0.29, 0.717) is 19.8 Å². The van der Waals surface area contributed by atoms with Crippen LogP contribution in [0, 0.1) is 0 Å². The Kier molecular flexibility index (Phi) is 3.71. The van der Waals surface area contributed by atoms with E-state index in [1.165, 1.54) is 0 Å². The topological polar surface area (TPSA) is 29.5 Å². The molecule has 1 aliphatic rings. The van der Waals surface area contributed by atoms with Crippen molar-refractivity contribution < 1.29 is 9.53 Å². The first-order valence-electron chi connectivity index (χ1n) is 6.48. The SMILES string of the molecule is C[C@H]1COCCN1C(=O)C(C)(C)c1ccccc1. The van der Waals surface area contributed by atoms with Gasteiger partial charge in [-0.05, 0) is 26.3 Å². The van der Waals surface area contributed by atoms with Crippen LogP contribution in [0.4, 0.5) is 0 Å². The van der Waals surface area contributed by atoms with Crippen LogP contribution in [-0.2, 0) is 14.9 Å². The smallest absolute Gasteiger partial charge is 0.233 e. The third-order valence-electron chi connectivity index (χ3n) is 3.66. The first-order valence-corrected chi connectivity index (χ1v) is 6.48. The molecule has 0 aliphatic carbocycles. The average Bonchev–Trinajstić information content (AvgIpc) is 2.39. The van der Waals surface area contributed by atoms with Crippen molar-refractivity contribution in [1.29, 1.82) is 0 Å². The molecular weight excluding hydrogens is 226 g/mol. The summed E-state index contributed by atoms with van der Waals surface area (Å²) in [4.78, 5) is 14.6. The zero-order valence-electron chi connectivity index (χ0n) is 11.3. The van der Waals surface area contributed by atoms with Crippen LogP contribution in [0.25, 0.3) is 0 Å². The van der Waals surface area contributed by atoms with Gasteiger partial charge in [-0.1, -0.05) is 30.3 Å². The summed E-state index contributed by atoms with van der Waals surface area (Å²) in [6, 6.07) is 10.1. The molecule has 18 heavy (non-hydrogen) atoms. The normalized spacial score (nSPS) is 20.8. The maximum atomic E-state index is 12.7. The number of morpholine rings is 1. The number of hydrogen-bond acceptors (Lipinski definition) is 2. The summed E-state index contributed by atoms with van der Waals surface area (Å²) in [5, 5.41) is 0. The molecule has 1 fully saturated rings. The zero-order valence-corrected chi connectivity index (χ0v) is 11.3. The molecule has 2 rings (SSSR count). The van der Waals surface area contributed by atoms with E-state index in [0.717, 1.165) is 5.56 Å². The number of ether oxygens (including phenoxy) is 1. The van der Waals surface area contributed by atoms with Gasteiger partial charge in [0.2, 0.25) is 5.91 Å². The number of hydrogen-bond donors (Lipinski definition) is 0. The van der Waals surface area contributed by atoms with Gasteiger partial charge >= 0.3 is 0 Å². The molecule has 0 aromatic heterocycles. The fourth-order valence-corrected chi connectivity index (χ4v) is 2.37. The van der Waals surface area contributed by atoms with E-state index < -0.39 is 5.41 Å². The third kappa shape index (κ3) is 2.41. The summed E-state index contributed by atoms with van der Waals surface area (Å²) in [7, 11) is 0. The van der Waals surface area contributed by atoms with Gasteiger partial charge in [0.25, 0.3) is 0 Å². The predicted molar refractivity (Wildman–Crippen MR) is 71.5 cm³/mol. The summed E-state index contributed by atoms with van der Waals surface area (Å²) < 4.78 is 5.39. The summed E-state index contributed by atoms with van der Waals surface area (Å²) in [5.74, 6) is 0.185. The van der Waals surface area contributed by atoms with Crippen LogP contribution in [0.5, 0.6) is 0 Å².